The minimum absolute atomic E-state index is 0.0893. The van der Waals surface area contributed by atoms with Crippen molar-refractivity contribution in [1.29, 1.82) is 0 Å². The van der Waals surface area contributed by atoms with Gasteiger partial charge in [0.05, 0.1) is 6.10 Å². The van der Waals surface area contributed by atoms with Gasteiger partial charge in [0.1, 0.15) is 0 Å². The monoisotopic (exact) mass is 237 g/mol. The van der Waals surface area contributed by atoms with E-state index >= 15 is 0 Å². The van der Waals surface area contributed by atoms with E-state index in [1.807, 2.05) is 0 Å². The smallest absolute Gasteiger partial charge is 0.320 e. The summed E-state index contributed by atoms with van der Waals surface area (Å²) in [6.07, 6.45) is 1.87. The summed E-state index contributed by atoms with van der Waals surface area (Å²) < 4.78 is 24.5. The van der Waals surface area contributed by atoms with Crippen molar-refractivity contribution in [2.45, 2.75) is 25.4 Å². The van der Waals surface area contributed by atoms with Crippen molar-refractivity contribution in [3.63, 3.8) is 0 Å². The van der Waals surface area contributed by atoms with Crippen LogP contribution in [0.3, 0.4) is 0 Å². The topological polar surface area (TPSA) is 104 Å². The van der Waals surface area contributed by atoms with Crippen LogP contribution in [0.15, 0.2) is 0 Å². The van der Waals surface area contributed by atoms with Gasteiger partial charge in [0.2, 0.25) is 10.0 Å². The zero-order valence-electron chi connectivity index (χ0n) is 8.22. The highest BCUT2D eigenvalue weighted by Gasteiger charge is 2.26. The summed E-state index contributed by atoms with van der Waals surface area (Å²) in [6, 6.07) is 0. The van der Waals surface area contributed by atoms with Crippen LogP contribution in [0.4, 0.5) is 0 Å². The second kappa shape index (κ2) is 4.91. The molecule has 0 aromatic heterocycles. The van der Waals surface area contributed by atoms with Crippen molar-refractivity contribution in [3.05, 3.63) is 0 Å². The van der Waals surface area contributed by atoms with Crippen molar-refractivity contribution >= 4 is 16.0 Å². The molecule has 1 saturated carbocycles. The second-order valence-electron chi connectivity index (χ2n) is 3.76. The minimum Gasteiger partial charge on any atom is -0.480 e. The maximum absolute atomic E-state index is 11.1. The van der Waals surface area contributed by atoms with E-state index in [2.05, 4.69) is 4.72 Å². The van der Waals surface area contributed by atoms with Crippen molar-refractivity contribution < 1.29 is 23.4 Å². The Labute approximate surface area is 88.3 Å². The Morgan fingerprint density at radius 2 is 2.07 bits per heavy atom. The number of hydrogen-bond donors (Lipinski definition) is 3. The van der Waals surface area contributed by atoms with Crippen molar-refractivity contribution in [1.82, 2.24) is 4.72 Å². The van der Waals surface area contributed by atoms with Gasteiger partial charge in [-0.2, -0.15) is 0 Å². The highest BCUT2D eigenvalue weighted by molar-refractivity contribution is 7.90. The lowest BCUT2D eigenvalue weighted by Crippen LogP contribution is -2.35. The molecule has 7 heteroatoms. The number of aliphatic hydroxyl groups is 1. The average Bonchev–Trinajstić information content (AvgIpc) is 2.45. The molecule has 0 saturated heterocycles. The molecule has 1 fully saturated rings. The molecule has 1 aliphatic rings. The second-order valence-corrected chi connectivity index (χ2v) is 5.57. The van der Waals surface area contributed by atoms with E-state index in [9.17, 15) is 18.3 Å². The first-order valence-electron chi connectivity index (χ1n) is 4.78. The molecule has 88 valence electrons. The molecule has 2 atom stereocenters. The largest absolute Gasteiger partial charge is 0.480 e. The van der Waals surface area contributed by atoms with Crippen LogP contribution in [0.5, 0.6) is 0 Å². The number of carboxylic acids is 1. The van der Waals surface area contributed by atoms with Gasteiger partial charge in [-0.05, 0) is 18.8 Å². The predicted molar refractivity (Wildman–Crippen MR) is 52.8 cm³/mol. The fourth-order valence-corrected chi connectivity index (χ4v) is 2.60. The van der Waals surface area contributed by atoms with Crippen LogP contribution in [0, 0.1) is 5.92 Å². The number of nitrogens with one attached hydrogen (secondary N) is 1. The molecule has 1 aliphatic carbocycles. The minimum atomic E-state index is -3.75. The molecule has 0 radical (unpaired) electrons. The summed E-state index contributed by atoms with van der Waals surface area (Å²) in [6.45, 7) is 0.122. The lowest BCUT2D eigenvalue weighted by atomic mass is 10.1. The predicted octanol–water partition coefficient (Wildman–Crippen LogP) is -0.849. The Morgan fingerprint density at radius 3 is 2.53 bits per heavy atom. The number of rotatable bonds is 5. The summed E-state index contributed by atoms with van der Waals surface area (Å²) in [4.78, 5) is 10.2. The number of carbonyl (C=O) groups is 1. The third kappa shape index (κ3) is 4.15. The van der Waals surface area contributed by atoms with E-state index in [0.717, 1.165) is 12.8 Å². The summed E-state index contributed by atoms with van der Waals surface area (Å²) in [5.74, 6) is -2.39. The Hall–Kier alpha value is -0.660. The molecule has 0 aliphatic heterocycles. The Morgan fingerprint density at radius 1 is 1.40 bits per heavy atom. The van der Waals surface area contributed by atoms with Crippen LogP contribution < -0.4 is 4.72 Å². The van der Waals surface area contributed by atoms with Crippen molar-refractivity contribution in [2.75, 3.05) is 12.3 Å². The first-order chi connectivity index (χ1) is 6.91. The molecule has 3 N–H and O–H groups in total. The number of aliphatic carboxylic acids is 1. The van der Waals surface area contributed by atoms with E-state index in [-0.39, 0.29) is 12.5 Å². The third-order valence-corrected chi connectivity index (χ3v) is 3.73. The van der Waals surface area contributed by atoms with Crippen LogP contribution in [-0.2, 0) is 14.8 Å². The van der Waals surface area contributed by atoms with Gasteiger partial charge in [0, 0.05) is 6.54 Å². The first kappa shape index (κ1) is 12.4. The van der Waals surface area contributed by atoms with Crippen LogP contribution in [0.25, 0.3) is 0 Å². The zero-order chi connectivity index (χ0) is 11.5. The Kier molecular flexibility index (Phi) is 4.06. The molecule has 2 unspecified atom stereocenters. The molecule has 0 aromatic carbocycles. The molecule has 0 spiro atoms. The maximum atomic E-state index is 11.1. The highest BCUT2D eigenvalue weighted by atomic mass is 32.2. The Balaban J connectivity index is 2.39. The van der Waals surface area contributed by atoms with E-state index < -0.39 is 27.8 Å². The fourth-order valence-electron chi connectivity index (χ4n) is 1.70. The van der Waals surface area contributed by atoms with E-state index in [4.69, 9.17) is 5.11 Å². The van der Waals surface area contributed by atoms with Gasteiger partial charge >= 0.3 is 5.97 Å². The van der Waals surface area contributed by atoms with Crippen molar-refractivity contribution in [2.24, 2.45) is 5.92 Å². The van der Waals surface area contributed by atoms with Crippen molar-refractivity contribution in [3.8, 4) is 0 Å². The van der Waals surface area contributed by atoms with Crippen LogP contribution in [0.1, 0.15) is 19.3 Å². The van der Waals surface area contributed by atoms with Crippen LogP contribution in [0.2, 0.25) is 0 Å². The zero-order valence-corrected chi connectivity index (χ0v) is 9.03. The third-order valence-electron chi connectivity index (χ3n) is 2.50. The Bertz CT molecular complexity index is 326. The van der Waals surface area contributed by atoms with E-state index in [0.29, 0.717) is 6.42 Å². The van der Waals surface area contributed by atoms with Crippen LogP contribution >= 0.6 is 0 Å². The summed E-state index contributed by atoms with van der Waals surface area (Å²) in [5.41, 5.74) is 0. The molecule has 0 aromatic rings. The molecule has 0 bridgehead atoms. The lowest BCUT2D eigenvalue weighted by molar-refractivity contribution is -0.134. The molecule has 0 heterocycles. The first-order valence-corrected chi connectivity index (χ1v) is 6.43. The quantitative estimate of drug-likeness (QED) is 0.578. The summed E-state index contributed by atoms with van der Waals surface area (Å²) in [7, 11) is -3.75. The van der Waals surface area contributed by atoms with Gasteiger partial charge in [0.15, 0.2) is 5.75 Å². The molecular weight excluding hydrogens is 222 g/mol. The van der Waals surface area contributed by atoms with Gasteiger partial charge in [-0.1, -0.05) is 6.42 Å². The average molecular weight is 237 g/mol. The number of aliphatic hydroxyl groups excluding tert-OH is 1. The van der Waals surface area contributed by atoms with Gasteiger partial charge in [-0.3, -0.25) is 4.79 Å². The normalized spacial score (nSPS) is 26.7. The maximum Gasteiger partial charge on any atom is 0.320 e. The highest BCUT2D eigenvalue weighted by Crippen LogP contribution is 2.24. The van der Waals surface area contributed by atoms with Gasteiger partial charge in [-0.25, -0.2) is 13.1 Å². The SMILES string of the molecule is O=C(O)CS(=O)(=O)NCC1CCCC1O. The summed E-state index contributed by atoms with van der Waals surface area (Å²) in [5, 5.41) is 17.7. The van der Waals surface area contributed by atoms with Gasteiger partial charge < -0.3 is 10.2 Å². The van der Waals surface area contributed by atoms with Gasteiger partial charge in [-0.15, -0.1) is 0 Å². The fraction of sp³-hybridized carbons (Fsp3) is 0.875. The molecule has 15 heavy (non-hydrogen) atoms. The number of carboxylic acid groups (broad SMARTS) is 1. The lowest BCUT2D eigenvalue weighted by Gasteiger charge is -2.14. The standard InChI is InChI=1S/C8H15NO5S/c10-7-3-1-2-6(7)4-9-15(13,14)5-8(11)12/h6-7,9-10H,1-5H2,(H,11,12). The number of hydrogen-bond acceptors (Lipinski definition) is 4. The molecular formula is C8H15NO5S. The molecule has 1 rings (SSSR count). The van der Waals surface area contributed by atoms with E-state index in [1.165, 1.54) is 0 Å². The van der Waals surface area contributed by atoms with Gasteiger partial charge in [0.25, 0.3) is 0 Å². The van der Waals surface area contributed by atoms with E-state index in [1.54, 1.807) is 0 Å². The molecule has 6 nitrogen and oxygen atoms in total. The van der Waals surface area contributed by atoms with Crippen LogP contribution in [-0.4, -0.2) is 43.0 Å². The molecule has 0 amide bonds. The summed E-state index contributed by atoms with van der Waals surface area (Å²) >= 11 is 0. The number of sulfonamides is 1.